The summed E-state index contributed by atoms with van der Waals surface area (Å²) in [5, 5.41) is 3.93. The maximum absolute atomic E-state index is 5.97. The van der Waals surface area contributed by atoms with Gasteiger partial charge in [0.25, 0.3) is 0 Å². The van der Waals surface area contributed by atoms with Gasteiger partial charge in [0.15, 0.2) is 0 Å². The van der Waals surface area contributed by atoms with Gasteiger partial charge >= 0.3 is 0 Å². The van der Waals surface area contributed by atoms with Gasteiger partial charge in [0.2, 0.25) is 0 Å². The van der Waals surface area contributed by atoms with E-state index in [-0.39, 0.29) is 6.04 Å². The molecule has 1 unspecified atom stereocenters. The van der Waals surface area contributed by atoms with Gasteiger partial charge in [-0.15, -0.1) is 0 Å². The molecule has 1 aromatic carbocycles. The molecule has 0 heterocycles. The molecular formula is C11H13BrClN. The van der Waals surface area contributed by atoms with E-state index >= 15 is 0 Å². The van der Waals surface area contributed by atoms with Crippen LogP contribution < -0.4 is 5.32 Å². The number of hydrogen-bond acceptors (Lipinski definition) is 1. The van der Waals surface area contributed by atoms with E-state index in [9.17, 15) is 0 Å². The van der Waals surface area contributed by atoms with Gasteiger partial charge in [0.1, 0.15) is 0 Å². The standard InChI is InChI=1S/C11H13BrClN/c1-7(2)11(14-3)8-4-9(12)6-10(13)5-8/h4-6,11,14H,1H2,2-3H3. The third-order valence-corrected chi connectivity index (χ3v) is 2.68. The summed E-state index contributed by atoms with van der Waals surface area (Å²) in [6.07, 6.45) is 0. The summed E-state index contributed by atoms with van der Waals surface area (Å²) in [6, 6.07) is 6.02. The van der Waals surface area contributed by atoms with Crippen LogP contribution >= 0.6 is 27.5 Å². The average Bonchev–Trinajstić information content (AvgIpc) is 2.02. The van der Waals surface area contributed by atoms with Gasteiger partial charge < -0.3 is 5.32 Å². The third kappa shape index (κ3) is 2.84. The van der Waals surface area contributed by atoms with Crippen molar-refractivity contribution in [2.45, 2.75) is 13.0 Å². The first-order valence-corrected chi connectivity index (χ1v) is 5.50. The lowest BCUT2D eigenvalue weighted by molar-refractivity contribution is 0.679. The van der Waals surface area contributed by atoms with E-state index in [0.29, 0.717) is 0 Å². The molecule has 0 fully saturated rings. The number of halogens is 2. The SMILES string of the molecule is C=C(C)C(NC)c1cc(Cl)cc(Br)c1. The van der Waals surface area contributed by atoms with Crippen LogP contribution in [-0.2, 0) is 0 Å². The minimum atomic E-state index is 0.157. The summed E-state index contributed by atoms with van der Waals surface area (Å²) in [6.45, 7) is 5.94. The molecule has 0 saturated heterocycles. The van der Waals surface area contributed by atoms with E-state index in [4.69, 9.17) is 11.6 Å². The van der Waals surface area contributed by atoms with E-state index in [1.165, 1.54) is 0 Å². The topological polar surface area (TPSA) is 12.0 Å². The molecule has 14 heavy (non-hydrogen) atoms. The highest BCUT2D eigenvalue weighted by Gasteiger charge is 2.10. The molecule has 76 valence electrons. The molecule has 0 aromatic heterocycles. The highest BCUT2D eigenvalue weighted by atomic mass is 79.9. The van der Waals surface area contributed by atoms with E-state index in [0.717, 1.165) is 20.6 Å². The largest absolute Gasteiger partial charge is 0.310 e. The van der Waals surface area contributed by atoms with Gasteiger partial charge in [-0.1, -0.05) is 39.7 Å². The van der Waals surface area contributed by atoms with Crippen LogP contribution in [0.4, 0.5) is 0 Å². The summed E-state index contributed by atoms with van der Waals surface area (Å²) in [5.74, 6) is 0. The molecule has 0 saturated carbocycles. The molecule has 1 rings (SSSR count). The zero-order valence-electron chi connectivity index (χ0n) is 8.27. The summed E-state index contributed by atoms with van der Waals surface area (Å²) >= 11 is 9.39. The van der Waals surface area contributed by atoms with Crippen molar-refractivity contribution in [3.8, 4) is 0 Å². The highest BCUT2D eigenvalue weighted by molar-refractivity contribution is 9.10. The Morgan fingerprint density at radius 3 is 2.57 bits per heavy atom. The van der Waals surface area contributed by atoms with Gasteiger partial charge in [-0.25, -0.2) is 0 Å². The summed E-state index contributed by atoms with van der Waals surface area (Å²) in [7, 11) is 1.91. The zero-order chi connectivity index (χ0) is 10.7. The molecule has 1 aromatic rings. The monoisotopic (exact) mass is 273 g/mol. The number of benzene rings is 1. The molecule has 1 N–H and O–H groups in total. The van der Waals surface area contributed by atoms with Gasteiger partial charge in [-0.2, -0.15) is 0 Å². The van der Waals surface area contributed by atoms with Crippen molar-refractivity contribution in [3.05, 3.63) is 45.4 Å². The Bertz CT molecular complexity index is 329. The summed E-state index contributed by atoms with van der Waals surface area (Å²) < 4.78 is 0.988. The molecule has 0 bridgehead atoms. The van der Waals surface area contributed by atoms with Crippen LogP contribution in [0.1, 0.15) is 18.5 Å². The fourth-order valence-electron chi connectivity index (χ4n) is 1.44. The molecule has 0 aliphatic rings. The van der Waals surface area contributed by atoms with Crippen LogP contribution in [-0.4, -0.2) is 7.05 Å². The van der Waals surface area contributed by atoms with Crippen molar-refractivity contribution in [1.82, 2.24) is 5.32 Å². The molecule has 0 amide bonds. The van der Waals surface area contributed by atoms with Crippen LogP contribution in [0.3, 0.4) is 0 Å². The number of rotatable bonds is 3. The first kappa shape index (κ1) is 11.8. The first-order chi connectivity index (χ1) is 6.54. The Balaban J connectivity index is 3.10. The maximum Gasteiger partial charge on any atom is 0.0529 e. The molecule has 1 nitrogen and oxygen atoms in total. The average molecular weight is 275 g/mol. The van der Waals surface area contributed by atoms with Crippen LogP contribution in [0.2, 0.25) is 5.02 Å². The lowest BCUT2D eigenvalue weighted by Crippen LogP contribution is -2.16. The predicted octanol–water partition coefficient (Wildman–Crippen LogP) is 3.94. The molecular weight excluding hydrogens is 261 g/mol. The van der Waals surface area contributed by atoms with E-state index in [2.05, 4.69) is 27.8 Å². The van der Waals surface area contributed by atoms with Crippen LogP contribution in [0.25, 0.3) is 0 Å². The van der Waals surface area contributed by atoms with Crippen molar-refractivity contribution in [2.75, 3.05) is 7.05 Å². The predicted molar refractivity (Wildman–Crippen MR) is 65.8 cm³/mol. The maximum atomic E-state index is 5.97. The van der Waals surface area contributed by atoms with Crippen molar-refractivity contribution >= 4 is 27.5 Å². The summed E-state index contributed by atoms with van der Waals surface area (Å²) in [5.41, 5.74) is 2.20. The molecule has 0 aliphatic carbocycles. The van der Waals surface area contributed by atoms with Gasteiger partial charge in [-0.05, 0) is 37.7 Å². The number of nitrogens with one attached hydrogen (secondary N) is 1. The van der Waals surface area contributed by atoms with Crippen LogP contribution in [0.5, 0.6) is 0 Å². The Kier molecular flexibility index (Phi) is 4.17. The van der Waals surface area contributed by atoms with Crippen molar-refractivity contribution < 1.29 is 0 Å². The molecule has 0 aliphatic heterocycles. The van der Waals surface area contributed by atoms with Crippen LogP contribution in [0, 0.1) is 0 Å². The van der Waals surface area contributed by atoms with E-state index < -0.39 is 0 Å². The second kappa shape index (κ2) is 4.96. The minimum Gasteiger partial charge on any atom is -0.310 e. The molecule has 1 atom stereocenters. The Labute approximate surface area is 98.3 Å². The zero-order valence-corrected chi connectivity index (χ0v) is 10.6. The second-order valence-corrected chi connectivity index (χ2v) is 4.62. The van der Waals surface area contributed by atoms with Gasteiger partial charge in [0.05, 0.1) is 6.04 Å². The Morgan fingerprint density at radius 1 is 1.50 bits per heavy atom. The summed E-state index contributed by atoms with van der Waals surface area (Å²) in [4.78, 5) is 0. The molecule has 0 radical (unpaired) electrons. The number of likely N-dealkylation sites (N-methyl/N-ethyl adjacent to an activating group) is 1. The van der Waals surface area contributed by atoms with Gasteiger partial charge in [0, 0.05) is 9.50 Å². The fraction of sp³-hybridized carbons (Fsp3) is 0.273. The first-order valence-electron chi connectivity index (χ1n) is 4.33. The van der Waals surface area contributed by atoms with Crippen molar-refractivity contribution in [2.24, 2.45) is 0 Å². The van der Waals surface area contributed by atoms with Crippen molar-refractivity contribution in [3.63, 3.8) is 0 Å². The molecule has 3 heteroatoms. The highest BCUT2D eigenvalue weighted by Crippen LogP contribution is 2.26. The fourth-order valence-corrected chi connectivity index (χ4v) is 2.33. The molecule has 0 spiro atoms. The Morgan fingerprint density at radius 2 is 2.14 bits per heavy atom. The smallest absolute Gasteiger partial charge is 0.0529 e. The quantitative estimate of drug-likeness (QED) is 0.823. The minimum absolute atomic E-state index is 0.157. The van der Waals surface area contributed by atoms with E-state index in [1.807, 2.05) is 32.2 Å². The van der Waals surface area contributed by atoms with Crippen molar-refractivity contribution in [1.29, 1.82) is 0 Å². The number of hydrogen-bond donors (Lipinski definition) is 1. The van der Waals surface area contributed by atoms with E-state index in [1.54, 1.807) is 0 Å². The van der Waals surface area contributed by atoms with Gasteiger partial charge in [-0.3, -0.25) is 0 Å². The second-order valence-electron chi connectivity index (χ2n) is 3.27. The van der Waals surface area contributed by atoms with Crippen LogP contribution in [0.15, 0.2) is 34.8 Å². The lowest BCUT2D eigenvalue weighted by Gasteiger charge is -2.17. The Hall–Kier alpha value is -0.310. The third-order valence-electron chi connectivity index (χ3n) is 2.00. The lowest BCUT2D eigenvalue weighted by atomic mass is 10.0. The normalized spacial score (nSPS) is 12.6.